The molecule has 0 radical (unpaired) electrons. The van der Waals surface area contributed by atoms with E-state index in [1.54, 1.807) is 43.3 Å². The van der Waals surface area contributed by atoms with Crippen LogP contribution in [0.3, 0.4) is 0 Å². The van der Waals surface area contributed by atoms with Crippen LogP contribution in [-0.4, -0.2) is 23.8 Å². The monoisotopic (exact) mass is 353 g/mol. The number of carbonyl (C=O) groups excluding carboxylic acids is 3. The molecule has 0 saturated carbocycles. The first-order chi connectivity index (χ1) is 12.3. The zero-order valence-electron chi connectivity index (χ0n) is 15.1. The lowest BCUT2D eigenvalue weighted by molar-refractivity contribution is -0.122. The Balaban J connectivity index is 1.89. The highest BCUT2D eigenvalue weighted by molar-refractivity contribution is 5.97. The number of nitrogens with one attached hydrogen (secondary N) is 3. The molecule has 0 spiro atoms. The number of benzene rings is 2. The third-order valence-corrected chi connectivity index (χ3v) is 3.74. The smallest absolute Gasteiger partial charge is 0.251 e. The highest BCUT2D eigenvalue weighted by Crippen LogP contribution is 2.10. The predicted molar refractivity (Wildman–Crippen MR) is 101 cm³/mol. The standard InChI is InChI=1S/C20H23N3O3/c1-13-6-4-8-17(10-13)20(26)22-14(2)19(25)21-12-16-7-5-9-18(11-16)23-15(3)24/h4-11,14H,12H2,1-3H3,(H,21,25)(H,22,26)(H,23,24)/t14-/m1/s1. The Hall–Kier alpha value is -3.15. The molecule has 6 heteroatoms. The van der Waals surface area contributed by atoms with E-state index in [-0.39, 0.29) is 17.7 Å². The van der Waals surface area contributed by atoms with Crippen LogP contribution in [0.5, 0.6) is 0 Å². The molecule has 0 aliphatic heterocycles. The van der Waals surface area contributed by atoms with Gasteiger partial charge in [-0.1, -0.05) is 29.8 Å². The summed E-state index contributed by atoms with van der Waals surface area (Å²) in [6.45, 7) is 5.28. The number of amides is 3. The van der Waals surface area contributed by atoms with Crippen LogP contribution < -0.4 is 16.0 Å². The maximum absolute atomic E-state index is 12.2. The maximum atomic E-state index is 12.2. The zero-order chi connectivity index (χ0) is 19.1. The number of aryl methyl sites for hydroxylation is 1. The average molecular weight is 353 g/mol. The summed E-state index contributed by atoms with van der Waals surface area (Å²) in [5.74, 6) is -0.724. The van der Waals surface area contributed by atoms with Crippen molar-refractivity contribution in [3.05, 3.63) is 65.2 Å². The highest BCUT2D eigenvalue weighted by atomic mass is 16.2. The molecule has 0 saturated heterocycles. The van der Waals surface area contributed by atoms with Crippen molar-refractivity contribution in [1.29, 1.82) is 0 Å². The predicted octanol–water partition coefficient (Wildman–Crippen LogP) is 2.39. The Morgan fingerprint density at radius 2 is 1.77 bits per heavy atom. The second-order valence-electron chi connectivity index (χ2n) is 6.16. The normalized spacial score (nSPS) is 11.3. The van der Waals surface area contributed by atoms with Crippen LogP contribution in [0.2, 0.25) is 0 Å². The number of hydrogen-bond acceptors (Lipinski definition) is 3. The van der Waals surface area contributed by atoms with Gasteiger partial charge in [-0.3, -0.25) is 14.4 Å². The Labute approximate surface area is 153 Å². The molecule has 2 aromatic carbocycles. The molecular formula is C20H23N3O3. The number of anilines is 1. The second kappa shape index (κ2) is 8.80. The van der Waals surface area contributed by atoms with Gasteiger partial charge in [0.15, 0.2) is 0 Å². The summed E-state index contributed by atoms with van der Waals surface area (Å²) in [4.78, 5) is 35.5. The van der Waals surface area contributed by atoms with Gasteiger partial charge in [-0.25, -0.2) is 0 Å². The van der Waals surface area contributed by atoms with Gasteiger partial charge in [-0.15, -0.1) is 0 Å². The van der Waals surface area contributed by atoms with Crippen molar-refractivity contribution in [2.75, 3.05) is 5.32 Å². The summed E-state index contributed by atoms with van der Waals surface area (Å²) in [6, 6.07) is 13.7. The van der Waals surface area contributed by atoms with Crippen LogP contribution in [0.15, 0.2) is 48.5 Å². The lowest BCUT2D eigenvalue weighted by Crippen LogP contribution is -2.44. The van der Waals surface area contributed by atoms with Crippen molar-refractivity contribution in [3.63, 3.8) is 0 Å². The Morgan fingerprint density at radius 3 is 2.46 bits per heavy atom. The molecule has 3 N–H and O–H groups in total. The van der Waals surface area contributed by atoms with Crippen molar-refractivity contribution in [2.45, 2.75) is 33.4 Å². The summed E-state index contributed by atoms with van der Waals surface area (Å²) in [5.41, 5.74) is 3.02. The molecule has 0 fully saturated rings. The fourth-order valence-corrected chi connectivity index (χ4v) is 2.44. The van der Waals surface area contributed by atoms with Gasteiger partial charge in [0.25, 0.3) is 5.91 Å². The Morgan fingerprint density at radius 1 is 1.04 bits per heavy atom. The first-order valence-electron chi connectivity index (χ1n) is 8.37. The summed E-state index contributed by atoms with van der Waals surface area (Å²) in [5, 5.41) is 8.17. The minimum absolute atomic E-state index is 0.154. The quantitative estimate of drug-likeness (QED) is 0.745. The first-order valence-corrected chi connectivity index (χ1v) is 8.37. The number of carbonyl (C=O) groups is 3. The van der Waals surface area contributed by atoms with Gasteiger partial charge in [0.2, 0.25) is 11.8 Å². The topological polar surface area (TPSA) is 87.3 Å². The largest absolute Gasteiger partial charge is 0.350 e. The molecule has 1 atom stereocenters. The molecule has 136 valence electrons. The van der Waals surface area contributed by atoms with E-state index in [2.05, 4.69) is 16.0 Å². The summed E-state index contributed by atoms with van der Waals surface area (Å²) >= 11 is 0. The molecule has 0 bridgehead atoms. The van der Waals surface area contributed by atoms with E-state index in [0.29, 0.717) is 17.8 Å². The molecule has 0 heterocycles. The molecule has 0 aliphatic carbocycles. The lowest BCUT2D eigenvalue weighted by atomic mass is 10.1. The van der Waals surface area contributed by atoms with Gasteiger partial charge < -0.3 is 16.0 Å². The van der Waals surface area contributed by atoms with E-state index < -0.39 is 6.04 Å². The fraction of sp³-hybridized carbons (Fsp3) is 0.250. The van der Waals surface area contributed by atoms with E-state index >= 15 is 0 Å². The fourth-order valence-electron chi connectivity index (χ4n) is 2.44. The van der Waals surface area contributed by atoms with E-state index in [1.165, 1.54) is 6.92 Å². The van der Waals surface area contributed by atoms with Crippen molar-refractivity contribution < 1.29 is 14.4 Å². The molecular weight excluding hydrogens is 330 g/mol. The summed E-state index contributed by atoms with van der Waals surface area (Å²) < 4.78 is 0. The Kier molecular flexibility index (Phi) is 6.49. The first kappa shape index (κ1) is 19.2. The van der Waals surface area contributed by atoms with Crippen LogP contribution in [0.1, 0.15) is 35.3 Å². The van der Waals surface area contributed by atoms with Crippen LogP contribution >= 0.6 is 0 Å². The Bertz CT molecular complexity index is 817. The SMILES string of the molecule is CC(=O)Nc1cccc(CNC(=O)[C@@H](C)NC(=O)c2cccc(C)c2)c1. The van der Waals surface area contributed by atoms with Gasteiger partial charge >= 0.3 is 0 Å². The van der Waals surface area contributed by atoms with Crippen LogP contribution in [0.4, 0.5) is 5.69 Å². The van der Waals surface area contributed by atoms with E-state index in [4.69, 9.17) is 0 Å². The summed E-state index contributed by atoms with van der Waals surface area (Å²) in [7, 11) is 0. The van der Waals surface area contributed by atoms with Crippen molar-refractivity contribution in [1.82, 2.24) is 10.6 Å². The number of rotatable bonds is 6. The third kappa shape index (κ3) is 5.73. The molecule has 0 unspecified atom stereocenters. The zero-order valence-corrected chi connectivity index (χ0v) is 15.1. The van der Waals surface area contributed by atoms with Crippen LogP contribution in [0.25, 0.3) is 0 Å². The number of hydrogen-bond donors (Lipinski definition) is 3. The highest BCUT2D eigenvalue weighted by Gasteiger charge is 2.16. The van der Waals surface area contributed by atoms with Gasteiger partial charge in [0.1, 0.15) is 6.04 Å². The van der Waals surface area contributed by atoms with Gasteiger partial charge in [-0.05, 0) is 43.7 Å². The molecule has 6 nitrogen and oxygen atoms in total. The van der Waals surface area contributed by atoms with Crippen molar-refractivity contribution in [3.8, 4) is 0 Å². The molecule has 26 heavy (non-hydrogen) atoms. The third-order valence-electron chi connectivity index (χ3n) is 3.74. The van der Waals surface area contributed by atoms with Gasteiger partial charge in [0, 0.05) is 24.7 Å². The van der Waals surface area contributed by atoms with Gasteiger partial charge in [0.05, 0.1) is 0 Å². The maximum Gasteiger partial charge on any atom is 0.251 e. The molecule has 0 aromatic heterocycles. The van der Waals surface area contributed by atoms with E-state index in [1.807, 2.05) is 19.1 Å². The minimum atomic E-state index is -0.665. The molecule has 2 aromatic rings. The van der Waals surface area contributed by atoms with Crippen LogP contribution in [-0.2, 0) is 16.1 Å². The van der Waals surface area contributed by atoms with E-state index in [9.17, 15) is 14.4 Å². The van der Waals surface area contributed by atoms with Gasteiger partial charge in [-0.2, -0.15) is 0 Å². The van der Waals surface area contributed by atoms with Crippen molar-refractivity contribution >= 4 is 23.4 Å². The average Bonchev–Trinajstić information content (AvgIpc) is 2.59. The van der Waals surface area contributed by atoms with Crippen LogP contribution in [0, 0.1) is 6.92 Å². The lowest BCUT2D eigenvalue weighted by Gasteiger charge is -2.15. The van der Waals surface area contributed by atoms with Crippen molar-refractivity contribution in [2.24, 2.45) is 0 Å². The molecule has 2 rings (SSSR count). The van der Waals surface area contributed by atoms with E-state index in [0.717, 1.165) is 11.1 Å². The summed E-state index contributed by atoms with van der Waals surface area (Å²) in [6.07, 6.45) is 0. The molecule has 3 amide bonds. The second-order valence-corrected chi connectivity index (χ2v) is 6.16. The molecule has 0 aliphatic rings. The minimum Gasteiger partial charge on any atom is -0.350 e.